The van der Waals surface area contributed by atoms with Gasteiger partial charge in [0.1, 0.15) is 11.5 Å². The van der Waals surface area contributed by atoms with Crippen LogP contribution in [0.5, 0.6) is 11.5 Å². The van der Waals surface area contributed by atoms with Crippen molar-refractivity contribution in [2.24, 2.45) is 0 Å². The molecule has 0 spiro atoms. The summed E-state index contributed by atoms with van der Waals surface area (Å²) in [6.07, 6.45) is 0. The number of carbonyl (C=O) groups excluding carboxylic acids is 2. The molecule has 3 aromatic rings. The number of benzene rings is 3. The average molecular weight is 390 g/mol. The first-order valence-electron chi connectivity index (χ1n) is 9.01. The second-order valence-corrected chi connectivity index (χ2v) is 6.56. The molecule has 0 aromatic heterocycles. The van der Waals surface area contributed by atoms with Crippen molar-refractivity contribution in [1.29, 1.82) is 0 Å². The van der Waals surface area contributed by atoms with Crippen LogP contribution in [0.4, 0.5) is 17.1 Å². The summed E-state index contributed by atoms with van der Waals surface area (Å²) in [4.78, 5) is 26.6. The summed E-state index contributed by atoms with van der Waals surface area (Å²) in [6.45, 7) is -0.0160. The van der Waals surface area contributed by atoms with E-state index < -0.39 is 11.6 Å². The zero-order valence-electron chi connectivity index (χ0n) is 15.3. The zero-order valence-corrected chi connectivity index (χ0v) is 15.3. The molecule has 29 heavy (non-hydrogen) atoms. The van der Waals surface area contributed by atoms with Gasteiger partial charge in [-0.05, 0) is 36.4 Å². The molecule has 0 aliphatic heterocycles. The molecular weight excluding hydrogens is 372 g/mol. The van der Waals surface area contributed by atoms with E-state index in [-0.39, 0.29) is 46.9 Å². The molecule has 1 aliphatic carbocycles. The molecule has 1 aliphatic rings. The fourth-order valence-corrected chi connectivity index (χ4v) is 3.48. The maximum absolute atomic E-state index is 13.3. The monoisotopic (exact) mass is 390 g/mol. The van der Waals surface area contributed by atoms with E-state index in [0.29, 0.717) is 17.1 Å². The Kier molecular flexibility index (Phi) is 4.66. The van der Waals surface area contributed by atoms with Crippen LogP contribution in [0.25, 0.3) is 0 Å². The van der Waals surface area contributed by atoms with Gasteiger partial charge in [-0.15, -0.1) is 0 Å². The second kappa shape index (κ2) is 7.29. The highest BCUT2D eigenvalue weighted by Crippen LogP contribution is 2.42. The van der Waals surface area contributed by atoms with Crippen LogP contribution in [-0.4, -0.2) is 40.0 Å². The molecule has 7 heteroatoms. The van der Waals surface area contributed by atoms with Crippen LogP contribution in [-0.2, 0) is 0 Å². The number of fused-ring (bicyclic) bond motifs is 2. The molecule has 0 amide bonds. The molecule has 0 radical (unpaired) electrons. The Bertz CT molecular complexity index is 1130. The van der Waals surface area contributed by atoms with Crippen molar-refractivity contribution in [3.63, 3.8) is 0 Å². The highest BCUT2D eigenvalue weighted by Gasteiger charge is 2.37. The Hall–Kier alpha value is -3.84. The molecule has 146 valence electrons. The minimum atomic E-state index is -0.583. The minimum Gasteiger partial charge on any atom is -0.507 e. The van der Waals surface area contributed by atoms with Gasteiger partial charge in [0.25, 0.3) is 0 Å². The molecule has 0 unspecified atom stereocenters. The summed E-state index contributed by atoms with van der Waals surface area (Å²) in [6, 6.07) is 14.7. The van der Waals surface area contributed by atoms with Crippen molar-refractivity contribution in [3.05, 3.63) is 76.9 Å². The van der Waals surface area contributed by atoms with Crippen molar-refractivity contribution in [1.82, 2.24) is 0 Å². The van der Waals surface area contributed by atoms with E-state index in [4.69, 9.17) is 5.11 Å². The van der Waals surface area contributed by atoms with Crippen LogP contribution in [0.3, 0.4) is 0 Å². The lowest BCUT2D eigenvalue weighted by atomic mass is 9.81. The van der Waals surface area contributed by atoms with Gasteiger partial charge in [-0.3, -0.25) is 9.59 Å². The van der Waals surface area contributed by atoms with E-state index >= 15 is 0 Å². The van der Waals surface area contributed by atoms with Crippen LogP contribution >= 0.6 is 0 Å². The Morgan fingerprint density at radius 3 is 1.83 bits per heavy atom. The number of nitrogens with one attached hydrogen (secondary N) is 2. The quantitative estimate of drug-likeness (QED) is 0.332. The lowest BCUT2D eigenvalue weighted by Crippen LogP contribution is -2.24. The molecule has 0 saturated carbocycles. The number of rotatable bonds is 5. The third kappa shape index (κ3) is 3.07. The molecular formula is C22H18N2O5. The average Bonchev–Trinajstić information content (AvgIpc) is 2.73. The molecule has 7 nitrogen and oxygen atoms in total. The van der Waals surface area contributed by atoms with Crippen LogP contribution < -0.4 is 10.6 Å². The van der Waals surface area contributed by atoms with E-state index in [1.165, 1.54) is 24.3 Å². The number of ketones is 2. The number of carbonyl (C=O) groups is 2. The summed E-state index contributed by atoms with van der Waals surface area (Å²) >= 11 is 0. The Morgan fingerprint density at radius 1 is 0.690 bits per heavy atom. The smallest absolute Gasteiger partial charge is 0.200 e. The van der Waals surface area contributed by atoms with Crippen LogP contribution in [0.1, 0.15) is 31.8 Å². The maximum atomic E-state index is 13.3. The summed E-state index contributed by atoms with van der Waals surface area (Å²) in [5, 5.41) is 35.7. The van der Waals surface area contributed by atoms with Gasteiger partial charge >= 0.3 is 0 Å². The Balaban J connectivity index is 1.90. The first-order chi connectivity index (χ1) is 14.0. The standard InChI is InChI=1S/C22H18N2O5/c25-11-10-23-13-6-8-15(26)19-17(13)21(28)20-16(27)9-7-14(18(20)22(19)29)24-12-4-2-1-3-5-12/h1-9,23-27H,10-11H2. The number of phenolic OH excluding ortho intramolecular Hbond substituents is 2. The topological polar surface area (TPSA) is 119 Å². The van der Waals surface area contributed by atoms with Gasteiger partial charge in [-0.25, -0.2) is 0 Å². The van der Waals surface area contributed by atoms with Crippen LogP contribution in [0.2, 0.25) is 0 Å². The van der Waals surface area contributed by atoms with Crippen molar-refractivity contribution >= 4 is 28.6 Å². The summed E-state index contributed by atoms with van der Waals surface area (Å²) in [7, 11) is 0. The van der Waals surface area contributed by atoms with E-state index in [1.807, 2.05) is 18.2 Å². The highest BCUT2D eigenvalue weighted by molar-refractivity contribution is 6.33. The molecule has 0 bridgehead atoms. The van der Waals surface area contributed by atoms with Crippen molar-refractivity contribution in [3.8, 4) is 11.5 Å². The first-order valence-corrected chi connectivity index (χ1v) is 9.01. The van der Waals surface area contributed by atoms with Crippen molar-refractivity contribution in [2.75, 3.05) is 23.8 Å². The predicted molar refractivity (Wildman–Crippen MR) is 108 cm³/mol. The normalized spacial score (nSPS) is 12.3. The molecule has 4 rings (SSSR count). The number of aliphatic hydroxyl groups excluding tert-OH is 1. The summed E-state index contributed by atoms with van der Waals surface area (Å²) < 4.78 is 0. The molecule has 0 saturated heterocycles. The maximum Gasteiger partial charge on any atom is 0.200 e. The van der Waals surface area contributed by atoms with E-state index in [0.717, 1.165) is 0 Å². The molecule has 0 heterocycles. The fourth-order valence-electron chi connectivity index (χ4n) is 3.48. The summed E-state index contributed by atoms with van der Waals surface area (Å²) in [5.41, 5.74) is 1.07. The SMILES string of the molecule is O=C1c2c(O)ccc(Nc3ccccc3)c2C(=O)c2c(O)ccc(NCCO)c21. The largest absolute Gasteiger partial charge is 0.507 e. The first kappa shape index (κ1) is 18.5. The summed E-state index contributed by atoms with van der Waals surface area (Å²) in [5.74, 6) is -1.80. The Morgan fingerprint density at radius 2 is 1.24 bits per heavy atom. The number of aliphatic hydroxyl groups is 1. The molecule has 0 atom stereocenters. The fraction of sp³-hybridized carbons (Fsp3) is 0.0909. The molecule has 5 N–H and O–H groups in total. The van der Waals surface area contributed by atoms with E-state index in [9.17, 15) is 19.8 Å². The van der Waals surface area contributed by atoms with Gasteiger partial charge in [-0.1, -0.05) is 18.2 Å². The van der Waals surface area contributed by atoms with E-state index in [1.54, 1.807) is 12.1 Å². The lowest BCUT2D eigenvalue weighted by Gasteiger charge is -2.24. The predicted octanol–water partition coefficient (Wildman–Crippen LogP) is 3.02. The number of phenols is 2. The van der Waals surface area contributed by atoms with Gasteiger partial charge in [-0.2, -0.15) is 0 Å². The van der Waals surface area contributed by atoms with Crippen LogP contribution in [0.15, 0.2) is 54.6 Å². The number of anilines is 3. The van der Waals surface area contributed by atoms with E-state index in [2.05, 4.69) is 10.6 Å². The van der Waals surface area contributed by atoms with Gasteiger partial charge in [0.05, 0.1) is 34.5 Å². The number of hydrogen-bond donors (Lipinski definition) is 5. The zero-order chi connectivity index (χ0) is 20.5. The van der Waals surface area contributed by atoms with Crippen LogP contribution in [0, 0.1) is 0 Å². The molecule has 3 aromatic carbocycles. The molecule has 0 fully saturated rings. The Labute approximate surface area is 166 Å². The second-order valence-electron chi connectivity index (χ2n) is 6.56. The van der Waals surface area contributed by atoms with Gasteiger partial charge in [0.15, 0.2) is 0 Å². The third-order valence-electron chi connectivity index (χ3n) is 4.75. The minimum absolute atomic E-state index is 0.000890. The lowest BCUT2D eigenvalue weighted by molar-refractivity contribution is 0.0975. The highest BCUT2D eigenvalue weighted by atomic mass is 16.3. The van der Waals surface area contributed by atoms with Gasteiger partial charge in [0.2, 0.25) is 11.6 Å². The number of aromatic hydroxyl groups is 2. The number of hydrogen-bond acceptors (Lipinski definition) is 7. The van der Waals surface area contributed by atoms with Crippen molar-refractivity contribution in [2.45, 2.75) is 0 Å². The van der Waals surface area contributed by atoms with Gasteiger partial charge in [0, 0.05) is 17.9 Å². The van der Waals surface area contributed by atoms with Crippen molar-refractivity contribution < 1.29 is 24.9 Å². The number of para-hydroxylation sites is 1. The third-order valence-corrected chi connectivity index (χ3v) is 4.75. The van der Waals surface area contributed by atoms with Gasteiger partial charge < -0.3 is 26.0 Å².